The van der Waals surface area contributed by atoms with Crippen LogP contribution in [0.2, 0.25) is 0 Å². The summed E-state index contributed by atoms with van der Waals surface area (Å²) >= 11 is 0. The third kappa shape index (κ3) is 2.04. The fourth-order valence-electron chi connectivity index (χ4n) is 1.57. The topological polar surface area (TPSA) is 95.1 Å². The van der Waals surface area contributed by atoms with E-state index in [1.807, 2.05) is 18.2 Å². The number of aryl methyl sites for hydroxylation is 1. The predicted octanol–water partition coefficient (Wildman–Crippen LogP) is 0.491. The van der Waals surface area contributed by atoms with Crippen LogP contribution in [0.1, 0.15) is 11.5 Å². The van der Waals surface area contributed by atoms with Crippen LogP contribution in [0.5, 0.6) is 0 Å². The number of carbonyl (C=O) groups excluding carboxylic acids is 1. The monoisotopic (exact) mass is 219 g/mol. The molecule has 0 saturated heterocycles. The normalized spacial score (nSPS) is 12.9. The van der Waals surface area contributed by atoms with E-state index in [1.54, 1.807) is 6.92 Å². The molecule has 84 valence electrons. The number of fused-ring (bicyclic) bond motifs is 1. The number of benzene rings is 1. The Labute approximate surface area is 92.4 Å². The summed E-state index contributed by atoms with van der Waals surface area (Å²) < 4.78 is 5.34. The fourth-order valence-corrected chi connectivity index (χ4v) is 1.57. The molecule has 0 aliphatic heterocycles. The number of hydrogen-bond acceptors (Lipinski definition) is 4. The number of primary amides is 1. The Morgan fingerprint density at radius 1 is 1.56 bits per heavy atom. The van der Waals surface area contributed by atoms with Crippen molar-refractivity contribution in [1.29, 1.82) is 0 Å². The molecule has 0 saturated carbocycles. The number of carbonyl (C=O) groups is 1. The van der Waals surface area contributed by atoms with Gasteiger partial charge < -0.3 is 15.9 Å². The van der Waals surface area contributed by atoms with Gasteiger partial charge in [0.05, 0.1) is 6.04 Å². The molecule has 0 fully saturated rings. The molecule has 1 aromatic carbocycles. The lowest BCUT2D eigenvalue weighted by Gasteiger charge is -2.06. The number of nitrogens with zero attached hydrogens (tertiary/aromatic N) is 1. The quantitative estimate of drug-likeness (QED) is 0.785. The number of amides is 1. The minimum absolute atomic E-state index is 0.414. The summed E-state index contributed by atoms with van der Waals surface area (Å²) in [4.78, 5) is 15.0. The first kappa shape index (κ1) is 10.6. The van der Waals surface area contributed by atoms with Gasteiger partial charge in [0.1, 0.15) is 5.52 Å². The molecule has 2 aromatic rings. The van der Waals surface area contributed by atoms with E-state index in [0.717, 1.165) is 16.7 Å². The van der Waals surface area contributed by atoms with Gasteiger partial charge in [-0.25, -0.2) is 4.98 Å². The van der Waals surface area contributed by atoms with Crippen LogP contribution in [0, 0.1) is 6.92 Å². The van der Waals surface area contributed by atoms with Gasteiger partial charge in [0.25, 0.3) is 0 Å². The molecule has 5 heteroatoms. The van der Waals surface area contributed by atoms with Gasteiger partial charge in [-0.3, -0.25) is 4.79 Å². The smallest absolute Gasteiger partial charge is 0.234 e. The third-order valence-corrected chi connectivity index (χ3v) is 2.38. The average molecular weight is 219 g/mol. The number of nitrogens with two attached hydrogens (primary N) is 2. The Morgan fingerprint density at radius 3 is 3.00 bits per heavy atom. The van der Waals surface area contributed by atoms with Gasteiger partial charge in [0, 0.05) is 6.92 Å². The first-order valence-electron chi connectivity index (χ1n) is 4.97. The van der Waals surface area contributed by atoms with Crippen molar-refractivity contribution in [2.75, 3.05) is 0 Å². The average Bonchev–Trinajstić information content (AvgIpc) is 2.57. The van der Waals surface area contributed by atoms with Gasteiger partial charge in [-0.1, -0.05) is 6.07 Å². The van der Waals surface area contributed by atoms with Gasteiger partial charge in [0.2, 0.25) is 5.91 Å². The van der Waals surface area contributed by atoms with E-state index in [2.05, 4.69) is 4.98 Å². The lowest BCUT2D eigenvalue weighted by molar-refractivity contribution is -0.119. The van der Waals surface area contributed by atoms with Crippen LogP contribution in [0.25, 0.3) is 11.1 Å². The van der Waals surface area contributed by atoms with E-state index >= 15 is 0 Å². The number of aromatic nitrogens is 1. The molecule has 0 radical (unpaired) electrons. The summed E-state index contributed by atoms with van der Waals surface area (Å²) in [7, 11) is 0. The van der Waals surface area contributed by atoms with Crippen molar-refractivity contribution in [3.63, 3.8) is 0 Å². The Bertz CT molecular complexity index is 533. The highest BCUT2D eigenvalue weighted by Gasteiger charge is 2.11. The first-order chi connectivity index (χ1) is 7.56. The fraction of sp³-hybridized carbons (Fsp3) is 0.273. The summed E-state index contributed by atoms with van der Waals surface area (Å²) in [5.74, 6) is 0.114. The van der Waals surface area contributed by atoms with Gasteiger partial charge in [0.15, 0.2) is 11.5 Å². The van der Waals surface area contributed by atoms with Gasteiger partial charge in [-0.15, -0.1) is 0 Å². The zero-order valence-corrected chi connectivity index (χ0v) is 8.93. The van der Waals surface area contributed by atoms with Crippen LogP contribution in [0.4, 0.5) is 0 Å². The zero-order valence-electron chi connectivity index (χ0n) is 8.93. The van der Waals surface area contributed by atoms with Crippen molar-refractivity contribution in [3.8, 4) is 0 Å². The predicted molar refractivity (Wildman–Crippen MR) is 59.6 cm³/mol. The van der Waals surface area contributed by atoms with Crippen molar-refractivity contribution in [2.45, 2.75) is 19.4 Å². The van der Waals surface area contributed by atoms with Gasteiger partial charge in [-0.05, 0) is 24.1 Å². The zero-order chi connectivity index (χ0) is 11.7. The molecule has 1 amide bonds. The molecular formula is C11H13N3O2. The lowest BCUT2D eigenvalue weighted by Crippen LogP contribution is -2.38. The first-order valence-corrected chi connectivity index (χ1v) is 4.97. The second kappa shape index (κ2) is 3.94. The van der Waals surface area contributed by atoms with Crippen LogP contribution in [0.15, 0.2) is 22.6 Å². The Hall–Kier alpha value is -1.88. The number of oxazole rings is 1. The van der Waals surface area contributed by atoms with Crippen LogP contribution in [0.3, 0.4) is 0 Å². The van der Waals surface area contributed by atoms with Crippen LogP contribution in [-0.2, 0) is 11.2 Å². The van der Waals surface area contributed by atoms with Crippen molar-refractivity contribution in [3.05, 3.63) is 29.7 Å². The van der Waals surface area contributed by atoms with E-state index in [0.29, 0.717) is 12.3 Å². The second-order valence-electron chi connectivity index (χ2n) is 3.75. The molecular weight excluding hydrogens is 206 g/mol. The Morgan fingerprint density at radius 2 is 2.31 bits per heavy atom. The van der Waals surface area contributed by atoms with Gasteiger partial charge in [-0.2, -0.15) is 0 Å². The molecule has 1 aromatic heterocycles. The minimum atomic E-state index is -0.662. The summed E-state index contributed by atoms with van der Waals surface area (Å²) in [6.07, 6.45) is 0.414. The van der Waals surface area contributed by atoms with E-state index in [4.69, 9.17) is 15.9 Å². The molecule has 0 spiro atoms. The molecule has 1 heterocycles. The number of rotatable bonds is 3. The molecule has 1 atom stereocenters. The van der Waals surface area contributed by atoms with Crippen molar-refractivity contribution in [1.82, 2.24) is 4.98 Å². The molecule has 2 rings (SSSR count). The highest BCUT2D eigenvalue weighted by Crippen LogP contribution is 2.17. The van der Waals surface area contributed by atoms with Gasteiger partial charge >= 0.3 is 0 Å². The maximum Gasteiger partial charge on any atom is 0.234 e. The standard InChI is InChI=1S/C11H13N3O2/c1-6-14-9-5-7(2-3-10(9)16-6)4-8(12)11(13)15/h2-3,5,8H,4,12H2,1H3,(H2,13,15). The SMILES string of the molecule is Cc1nc2cc(CC(N)C(N)=O)ccc2o1. The minimum Gasteiger partial charge on any atom is -0.441 e. The largest absolute Gasteiger partial charge is 0.441 e. The van der Waals surface area contributed by atoms with Crippen LogP contribution >= 0.6 is 0 Å². The van der Waals surface area contributed by atoms with Crippen molar-refractivity contribution < 1.29 is 9.21 Å². The third-order valence-electron chi connectivity index (χ3n) is 2.38. The maximum atomic E-state index is 10.8. The highest BCUT2D eigenvalue weighted by molar-refractivity contribution is 5.80. The summed E-state index contributed by atoms with van der Waals surface area (Å²) in [5.41, 5.74) is 13.1. The summed E-state index contributed by atoms with van der Waals surface area (Å²) in [5, 5.41) is 0. The Balaban J connectivity index is 2.28. The van der Waals surface area contributed by atoms with Crippen molar-refractivity contribution >= 4 is 17.0 Å². The molecule has 1 unspecified atom stereocenters. The molecule has 0 aliphatic rings. The number of hydrogen-bond donors (Lipinski definition) is 2. The molecule has 0 bridgehead atoms. The van der Waals surface area contributed by atoms with E-state index in [-0.39, 0.29) is 0 Å². The molecule has 4 N–H and O–H groups in total. The molecule has 16 heavy (non-hydrogen) atoms. The van der Waals surface area contributed by atoms with Crippen LogP contribution in [-0.4, -0.2) is 16.9 Å². The molecule has 0 aliphatic carbocycles. The van der Waals surface area contributed by atoms with E-state index < -0.39 is 11.9 Å². The summed E-state index contributed by atoms with van der Waals surface area (Å²) in [6.45, 7) is 1.79. The van der Waals surface area contributed by atoms with E-state index in [9.17, 15) is 4.79 Å². The second-order valence-corrected chi connectivity index (χ2v) is 3.75. The maximum absolute atomic E-state index is 10.8. The summed E-state index contributed by atoms with van der Waals surface area (Å²) in [6, 6.07) is 4.87. The Kier molecular flexibility index (Phi) is 2.62. The van der Waals surface area contributed by atoms with Crippen LogP contribution < -0.4 is 11.5 Å². The highest BCUT2D eigenvalue weighted by atomic mass is 16.3. The van der Waals surface area contributed by atoms with E-state index in [1.165, 1.54) is 0 Å². The van der Waals surface area contributed by atoms with Crippen molar-refractivity contribution in [2.24, 2.45) is 11.5 Å². The lowest BCUT2D eigenvalue weighted by atomic mass is 10.1. The molecule has 5 nitrogen and oxygen atoms in total.